The van der Waals surface area contributed by atoms with Gasteiger partial charge in [0.05, 0.1) is 4.92 Å². The van der Waals surface area contributed by atoms with Gasteiger partial charge in [-0.05, 0) is 12.1 Å². The zero-order chi connectivity index (χ0) is 12.8. The van der Waals surface area contributed by atoms with Gasteiger partial charge in [-0.25, -0.2) is 5.43 Å². The number of anilines is 1. The van der Waals surface area contributed by atoms with Gasteiger partial charge >= 0.3 is 0 Å². The number of hydrogen-bond acceptors (Lipinski definition) is 6. The molecule has 1 atom stereocenters. The van der Waals surface area contributed by atoms with Gasteiger partial charge in [-0.15, -0.1) is 0 Å². The Morgan fingerprint density at radius 3 is 2.47 bits per heavy atom. The summed E-state index contributed by atoms with van der Waals surface area (Å²) in [6.07, 6.45) is 0. The van der Waals surface area contributed by atoms with Crippen LogP contribution in [0.15, 0.2) is 24.3 Å². The molecule has 7 nitrogen and oxygen atoms in total. The Balaban J connectivity index is 2.69. The van der Waals surface area contributed by atoms with Crippen molar-refractivity contribution in [1.82, 2.24) is 5.43 Å². The van der Waals surface area contributed by atoms with E-state index in [4.69, 9.17) is 5.84 Å². The lowest BCUT2D eigenvalue weighted by Crippen LogP contribution is -2.45. The molecule has 0 fully saturated rings. The number of rotatable bonds is 5. The van der Waals surface area contributed by atoms with E-state index in [9.17, 15) is 14.9 Å². The molecule has 0 aliphatic carbocycles. The second kappa shape index (κ2) is 6.18. The number of non-ortho nitro benzene ring substituents is 1. The summed E-state index contributed by atoms with van der Waals surface area (Å²) >= 11 is 3.95. The van der Waals surface area contributed by atoms with E-state index in [1.165, 1.54) is 24.3 Å². The van der Waals surface area contributed by atoms with Crippen molar-refractivity contribution in [3.63, 3.8) is 0 Å². The molecule has 0 aliphatic rings. The monoisotopic (exact) mass is 256 g/mol. The quantitative estimate of drug-likeness (QED) is 0.262. The van der Waals surface area contributed by atoms with Gasteiger partial charge in [0.25, 0.3) is 5.69 Å². The SMILES string of the molecule is NN[C@@H](CS)C(=O)Nc1ccc([N+](=O)[O-])cc1. The third kappa shape index (κ3) is 3.70. The Morgan fingerprint density at radius 1 is 1.47 bits per heavy atom. The third-order valence-corrected chi connectivity index (χ3v) is 2.41. The van der Waals surface area contributed by atoms with Crippen LogP contribution in [0.5, 0.6) is 0 Å². The lowest BCUT2D eigenvalue weighted by molar-refractivity contribution is -0.384. The first-order chi connectivity index (χ1) is 8.08. The summed E-state index contributed by atoms with van der Waals surface area (Å²) in [5, 5.41) is 13.0. The van der Waals surface area contributed by atoms with Crippen LogP contribution in [0.25, 0.3) is 0 Å². The molecule has 0 heterocycles. The molecule has 1 amide bonds. The number of thiol groups is 1. The van der Waals surface area contributed by atoms with Crippen molar-refractivity contribution in [2.24, 2.45) is 5.84 Å². The second-order valence-corrected chi connectivity index (χ2v) is 3.56. The minimum atomic E-state index is -0.617. The molecule has 0 saturated carbocycles. The summed E-state index contributed by atoms with van der Waals surface area (Å²) in [4.78, 5) is 21.5. The van der Waals surface area contributed by atoms with E-state index in [0.29, 0.717) is 5.69 Å². The van der Waals surface area contributed by atoms with Crippen LogP contribution in [0.1, 0.15) is 0 Å². The van der Waals surface area contributed by atoms with Crippen LogP contribution in [0.2, 0.25) is 0 Å². The molecule has 4 N–H and O–H groups in total. The first kappa shape index (κ1) is 13.4. The molecule has 0 aromatic heterocycles. The minimum absolute atomic E-state index is 0.0364. The summed E-state index contributed by atoms with van der Waals surface area (Å²) in [6, 6.07) is 4.89. The number of nitrogens with one attached hydrogen (secondary N) is 2. The van der Waals surface area contributed by atoms with Crippen molar-refractivity contribution in [2.75, 3.05) is 11.1 Å². The third-order valence-electron chi connectivity index (χ3n) is 2.05. The Morgan fingerprint density at radius 2 is 2.06 bits per heavy atom. The van der Waals surface area contributed by atoms with Crippen LogP contribution in [-0.2, 0) is 4.79 Å². The first-order valence-corrected chi connectivity index (χ1v) is 5.34. The number of nitrogens with two attached hydrogens (primary N) is 1. The average molecular weight is 256 g/mol. The number of benzene rings is 1. The Kier molecular flexibility index (Phi) is 4.88. The molecule has 0 spiro atoms. The zero-order valence-corrected chi connectivity index (χ0v) is 9.68. The fourth-order valence-corrected chi connectivity index (χ4v) is 1.38. The number of hydrazine groups is 1. The Bertz CT molecular complexity index is 405. The number of nitro benzene ring substituents is 1. The van der Waals surface area contributed by atoms with Gasteiger partial charge in [0.1, 0.15) is 6.04 Å². The van der Waals surface area contributed by atoms with Crippen LogP contribution in [-0.4, -0.2) is 22.6 Å². The highest BCUT2D eigenvalue weighted by Gasteiger charge is 2.15. The van der Waals surface area contributed by atoms with Crippen molar-refractivity contribution >= 4 is 29.9 Å². The molecule has 1 aromatic rings. The van der Waals surface area contributed by atoms with E-state index in [1.807, 2.05) is 0 Å². The van der Waals surface area contributed by atoms with E-state index in [-0.39, 0.29) is 17.3 Å². The lowest BCUT2D eigenvalue weighted by atomic mass is 10.2. The van der Waals surface area contributed by atoms with Crippen LogP contribution in [0.3, 0.4) is 0 Å². The average Bonchev–Trinajstić information content (AvgIpc) is 2.31. The molecular formula is C9H12N4O3S. The van der Waals surface area contributed by atoms with Crippen molar-refractivity contribution in [3.05, 3.63) is 34.4 Å². The Labute approximate surface area is 103 Å². The number of amides is 1. The maximum atomic E-state index is 11.6. The van der Waals surface area contributed by atoms with Gasteiger partial charge in [-0.2, -0.15) is 12.6 Å². The van der Waals surface area contributed by atoms with E-state index >= 15 is 0 Å². The molecule has 0 unspecified atom stereocenters. The first-order valence-electron chi connectivity index (χ1n) is 4.70. The van der Waals surface area contributed by atoms with Gasteiger partial charge in [-0.3, -0.25) is 20.8 Å². The molecule has 0 bridgehead atoms. The smallest absolute Gasteiger partial charge is 0.269 e. The number of carbonyl (C=O) groups excluding carboxylic acids is 1. The van der Waals surface area contributed by atoms with Gasteiger partial charge in [0, 0.05) is 23.6 Å². The summed E-state index contributed by atoms with van der Waals surface area (Å²) in [7, 11) is 0. The molecule has 0 saturated heterocycles. The topological polar surface area (TPSA) is 110 Å². The molecule has 1 aromatic carbocycles. The standard InChI is InChI=1S/C9H12N4O3S/c10-12-8(5-17)9(14)11-6-1-3-7(4-2-6)13(15)16/h1-4,8,12,17H,5,10H2,(H,11,14)/t8-/m0/s1. The van der Waals surface area contributed by atoms with E-state index < -0.39 is 11.0 Å². The normalized spacial score (nSPS) is 11.9. The van der Waals surface area contributed by atoms with Crippen LogP contribution in [0, 0.1) is 10.1 Å². The van der Waals surface area contributed by atoms with E-state index in [1.54, 1.807) is 0 Å². The number of nitrogens with zero attached hydrogens (tertiary/aromatic N) is 1. The van der Waals surface area contributed by atoms with Crippen LogP contribution >= 0.6 is 12.6 Å². The van der Waals surface area contributed by atoms with Crippen molar-refractivity contribution in [2.45, 2.75) is 6.04 Å². The lowest BCUT2D eigenvalue weighted by Gasteiger charge is -2.12. The van der Waals surface area contributed by atoms with Gasteiger partial charge < -0.3 is 5.32 Å². The predicted octanol–water partition coefficient (Wildman–Crippen LogP) is 0.295. The maximum Gasteiger partial charge on any atom is 0.269 e. The highest BCUT2D eigenvalue weighted by molar-refractivity contribution is 7.80. The van der Waals surface area contributed by atoms with Crippen molar-refractivity contribution in [3.8, 4) is 0 Å². The molecule has 92 valence electrons. The molecule has 8 heteroatoms. The summed E-state index contributed by atoms with van der Waals surface area (Å²) in [5.74, 6) is 5.05. The molecule has 0 aliphatic heterocycles. The molecular weight excluding hydrogens is 244 g/mol. The zero-order valence-electron chi connectivity index (χ0n) is 8.79. The number of hydrogen-bond donors (Lipinski definition) is 4. The fourth-order valence-electron chi connectivity index (χ4n) is 1.11. The highest BCUT2D eigenvalue weighted by atomic mass is 32.1. The summed E-state index contributed by atoms with van der Waals surface area (Å²) in [5.41, 5.74) is 2.73. The number of nitro groups is 1. The minimum Gasteiger partial charge on any atom is -0.325 e. The van der Waals surface area contributed by atoms with Gasteiger partial charge in [-0.1, -0.05) is 0 Å². The largest absolute Gasteiger partial charge is 0.325 e. The summed E-state index contributed by atoms with van der Waals surface area (Å²) in [6.45, 7) is 0. The molecule has 0 radical (unpaired) electrons. The van der Waals surface area contributed by atoms with Gasteiger partial charge in [0.2, 0.25) is 5.91 Å². The maximum absolute atomic E-state index is 11.6. The van der Waals surface area contributed by atoms with E-state index in [2.05, 4.69) is 23.4 Å². The number of carbonyl (C=O) groups is 1. The fraction of sp³-hybridized carbons (Fsp3) is 0.222. The van der Waals surface area contributed by atoms with Gasteiger partial charge in [0.15, 0.2) is 0 Å². The Hall–Kier alpha value is -1.64. The van der Waals surface area contributed by atoms with E-state index in [0.717, 1.165) is 0 Å². The van der Waals surface area contributed by atoms with Crippen LogP contribution in [0.4, 0.5) is 11.4 Å². The molecule has 1 rings (SSSR count). The van der Waals surface area contributed by atoms with Crippen molar-refractivity contribution in [1.29, 1.82) is 0 Å². The van der Waals surface area contributed by atoms with Crippen LogP contribution < -0.4 is 16.6 Å². The molecule has 17 heavy (non-hydrogen) atoms. The van der Waals surface area contributed by atoms with Crippen molar-refractivity contribution < 1.29 is 9.72 Å². The second-order valence-electron chi connectivity index (χ2n) is 3.20. The highest BCUT2D eigenvalue weighted by Crippen LogP contribution is 2.15. The summed E-state index contributed by atoms with van der Waals surface area (Å²) < 4.78 is 0. The predicted molar refractivity (Wildman–Crippen MR) is 66.7 cm³/mol.